The highest BCUT2D eigenvalue weighted by molar-refractivity contribution is 7.92. The van der Waals surface area contributed by atoms with Gasteiger partial charge in [0.05, 0.1) is 24.5 Å². The van der Waals surface area contributed by atoms with Crippen LogP contribution in [0.2, 0.25) is 0 Å². The molecule has 4 rings (SSSR count). The van der Waals surface area contributed by atoms with Crippen LogP contribution >= 0.6 is 0 Å². The Morgan fingerprint density at radius 2 is 1.77 bits per heavy atom. The minimum Gasteiger partial charge on any atom is -0.488 e. The number of ether oxygens (including phenoxy) is 2. The third-order valence-corrected chi connectivity index (χ3v) is 7.42. The summed E-state index contributed by atoms with van der Waals surface area (Å²) in [4.78, 5) is 17.3. The highest BCUT2D eigenvalue weighted by atomic mass is 32.2. The van der Waals surface area contributed by atoms with E-state index in [9.17, 15) is 18.3 Å². The lowest BCUT2D eigenvalue weighted by Gasteiger charge is -2.38. The van der Waals surface area contributed by atoms with Gasteiger partial charge in [0.2, 0.25) is 10.0 Å². The molecule has 40 heavy (non-hydrogen) atoms. The molecule has 0 fully saturated rings. The number of benzene rings is 3. The first-order chi connectivity index (χ1) is 19.0. The molecule has 0 aromatic heterocycles. The van der Waals surface area contributed by atoms with Crippen molar-refractivity contribution in [2.75, 3.05) is 37.7 Å². The van der Waals surface area contributed by atoms with Crippen molar-refractivity contribution in [2.24, 2.45) is 5.92 Å². The van der Waals surface area contributed by atoms with Crippen LogP contribution in [0, 0.1) is 5.92 Å². The van der Waals surface area contributed by atoms with Gasteiger partial charge in [-0.05, 0) is 62.0 Å². The number of fused-ring (bicyclic) bond motifs is 1. The Kier molecular flexibility index (Phi) is 9.34. The van der Waals surface area contributed by atoms with Crippen LogP contribution in [0.25, 0.3) is 0 Å². The third-order valence-electron chi connectivity index (χ3n) is 6.81. The van der Waals surface area contributed by atoms with Crippen molar-refractivity contribution in [3.63, 3.8) is 0 Å². The summed E-state index contributed by atoms with van der Waals surface area (Å²) in [6.45, 7) is 5.28. The molecule has 1 aliphatic heterocycles. The van der Waals surface area contributed by atoms with Gasteiger partial charge < -0.3 is 19.5 Å². The minimum absolute atomic E-state index is 0.0379. The SMILES string of the molecule is C[C@H](CO)N1C[C@H](C)[C@@H](CN(C)Cc2ccc(Oc3ccccc3)cc2)Oc2ccc(NS(C)(=O)=O)cc2C1=O. The van der Waals surface area contributed by atoms with E-state index in [1.54, 1.807) is 24.0 Å². The van der Waals surface area contributed by atoms with Gasteiger partial charge in [0.15, 0.2) is 0 Å². The number of hydrogen-bond donors (Lipinski definition) is 2. The summed E-state index contributed by atoms with van der Waals surface area (Å²) in [6.07, 6.45) is 0.791. The zero-order chi connectivity index (χ0) is 28.9. The van der Waals surface area contributed by atoms with Gasteiger partial charge in [-0.2, -0.15) is 0 Å². The predicted octanol–water partition coefficient (Wildman–Crippen LogP) is 4.20. The molecule has 3 aromatic carbocycles. The molecule has 3 atom stereocenters. The van der Waals surface area contributed by atoms with E-state index in [2.05, 4.69) is 9.62 Å². The van der Waals surface area contributed by atoms with E-state index in [-0.39, 0.29) is 35.8 Å². The first kappa shape index (κ1) is 29.4. The van der Waals surface area contributed by atoms with Crippen LogP contribution in [-0.2, 0) is 16.6 Å². The number of nitrogens with zero attached hydrogens (tertiary/aromatic N) is 2. The maximum Gasteiger partial charge on any atom is 0.258 e. The minimum atomic E-state index is -3.53. The van der Waals surface area contributed by atoms with E-state index in [4.69, 9.17) is 9.47 Å². The largest absolute Gasteiger partial charge is 0.488 e. The topological polar surface area (TPSA) is 108 Å². The highest BCUT2D eigenvalue weighted by Gasteiger charge is 2.33. The smallest absolute Gasteiger partial charge is 0.258 e. The van der Waals surface area contributed by atoms with Crippen molar-refractivity contribution in [1.82, 2.24) is 9.80 Å². The molecule has 0 spiro atoms. The number of carbonyl (C=O) groups excluding carboxylic acids is 1. The Hall–Kier alpha value is -3.60. The summed E-state index contributed by atoms with van der Waals surface area (Å²) in [5.74, 6) is 1.57. The Balaban J connectivity index is 1.50. The molecule has 9 nitrogen and oxygen atoms in total. The fourth-order valence-electron chi connectivity index (χ4n) is 4.69. The molecule has 3 aromatic rings. The average molecular weight is 568 g/mol. The fraction of sp³-hybridized carbons (Fsp3) is 0.367. The van der Waals surface area contributed by atoms with Crippen LogP contribution in [0.15, 0.2) is 72.8 Å². The number of amides is 1. The van der Waals surface area contributed by atoms with Gasteiger partial charge in [-0.25, -0.2) is 8.42 Å². The summed E-state index contributed by atoms with van der Waals surface area (Å²) in [6, 6.07) is 21.9. The lowest BCUT2D eigenvalue weighted by molar-refractivity contribution is 0.0341. The van der Waals surface area contributed by atoms with Gasteiger partial charge in [-0.1, -0.05) is 37.3 Å². The normalized spacial score (nSPS) is 18.4. The quantitative estimate of drug-likeness (QED) is 0.378. The Morgan fingerprint density at radius 3 is 2.42 bits per heavy atom. The van der Waals surface area contributed by atoms with Crippen LogP contribution in [0.5, 0.6) is 17.2 Å². The van der Waals surface area contributed by atoms with E-state index in [0.29, 0.717) is 25.4 Å². The molecule has 1 amide bonds. The maximum absolute atomic E-state index is 13.5. The van der Waals surface area contributed by atoms with E-state index in [0.717, 1.165) is 23.3 Å². The number of nitrogens with one attached hydrogen (secondary N) is 1. The van der Waals surface area contributed by atoms with Crippen LogP contribution < -0.4 is 14.2 Å². The zero-order valence-electron chi connectivity index (χ0n) is 23.3. The summed E-state index contributed by atoms with van der Waals surface area (Å²) >= 11 is 0. The molecule has 1 heterocycles. The maximum atomic E-state index is 13.5. The molecule has 0 bridgehead atoms. The number of sulfonamides is 1. The second kappa shape index (κ2) is 12.7. The predicted molar refractivity (Wildman–Crippen MR) is 155 cm³/mol. The molecule has 10 heteroatoms. The molecular formula is C30H37N3O6S. The number of aliphatic hydroxyl groups excluding tert-OH is 1. The number of para-hydroxylation sites is 1. The van der Waals surface area contributed by atoms with Crippen LogP contribution in [0.1, 0.15) is 29.8 Å². The molecule has 0 saturated heterocycles. The van der Waals surface area contributed by atoms with Gasteiger partial charge in [0.1, 0.15) is 23.4 Å². The Labute approximate surface area is 236 Å². The number of likely N-dealkylation sites (N-methyl/N-ethyl adjacent to an activating group) is 1. The molecule has 0 aliphatic carbocycles. The van der Waals surface area contributed by atoms with Crippen LogP contribution in [0.3, 0.4) is 0 Å². The molecule has 0 radical (unpaired) electrons. The monoisotopic (exact) mass is 567 g/mol. The number of rotatable bonds is 10. The molecule has 2 N–H and O–H groups in total. The van der Waals surface area contributed by atoms with Gasteiger partial charge in [-0.15, -0.1) is 0 Å². The average Bonchev–Trinajstić information content (AvgIpc) is 2.91. The molecule has 214 valence electrons. The fourth-order valence-corrected chi connectivity index (χ4v) is 5.24. The van der Waals surface area contributed by atoms with Crippen LogP contribution in [-0.4, -0.2) is 74.4 Å². The lowest BCUT2D eigenvalue weighted by Crippen LogP contribution is -2.49. The van der Waals surface area contributed by atoms with Crippen LogP contribution in [0.4, 0.5) is 5.69 Å². The lowest BCUT2D eigenvalue weighted by atomic mass is 9.99. The molecule has 0 unspecified atom stereocenters. The first-order valence-corrected chi connectivity index (χ1v) is 15.1. The highest BCUT2D eigenvalue weighted by Crippen LogP contribution is 2.31. The van der Waals surface area contributed by atoms with Crippen molar-refractivity contribution in [2.45, 2.75) is 32.5 Å². The number of carbonyl (C=O) groups is 1. The standard InChI is InChI=1S/C30H37N3O6S/c1-21-17-33(22(2)20-34)30(35)27-16-24(31-40(4,36)37)12-15-28(27)39-29(21)19-32(3)18-23-10-13-26(14-11-23)38-25-8-6-5-7-9-25/h5-16,21-22,29,31,34H,17-20H2,1-4H3/t21-,22+,29+/m0/s1. The van der Waals surface area contributed by atoms with Crippen molar-refractivity contribution < 1.29 is 27.8 Å². The van der Waals surface area contributed by atoms with Gasteiger partial charge in [0, 0.05) is 31.2 Å². The summed E-state index contributed by atoms with van der Waals surface area (Å²) in [5.41, 5.74) is 1.64. The van der Waals surface area contributed by atoms with Crippen molar-refractivity contribution in [3.05, 3.63) is 83.9 Å². The number of hydrogen-bond acceptors (Lipinski definition) is 7. The second-order valence-electron chi connectivity index (χ2n) is 10.5. The number of anilines is 1. The van der Waals surface area contributed by atoms with Crippen molar-refractivity contribution in [3.8, 4) is 17.2 Å². The Bertz CT molecular complexity index is 1400. The van der Waals surface area contributed by atoms with Gasteiger partial charge in [0.25, 0.3) is 5.91 Å². The second-order valence-corrected chi connectivity index (χ2v) is 12.2. The van der Waals surface area contributed by atoms with E-state index in [1.165, 1.54) is 6.07 Å². The van der Waals surface area contributed by atoms with Crippen molar-refractivity contribution in [1.29, 1.82) is 0 Å². The van der Waals surface area contributed by atoms with E-state index < -0.39 is 16.1 Å². The number of aliphatic hydroxyl groups is 1. The van der Waals surface area contributed by atoms with Crippen molar-refractivity contribution >= 4 is 21.6 Å². The summed E-state index contributed by atoms with van der Waals surface area (Å²) < 4.78 is 38.3. The zero-order valence-corrected chi connectivity index (χ0v) is 24.1. The summed E-state index contributed by atoms with van der Waals surface area (Å²) in [7, 11) is -1.51. The van der Waals surface area contributed by atoms with Gasteiger partial charge >= 0.3 is 0 Å². The molecule has 1 aliphatic rings. The first-order valence-electron chi connectivity index (χ1n) is 13.2. The molecular weight excluding hydrogens is 530 g/mol. The molecule has 0 saturated carbocycles. The van der Waals surface area contributed by atoms with E-state index in [1.807, 2.05) is 68.6 Å². The Morgan fingerprint density at radius 1 is 1.10 bits per heavy atom. The van der Waals surface area contributed by atoms with E-state index >= 15 is 0 Å². The summed E-state index contributed by atoms with van der Waals surface area (Å²) in [5, 5.41) is 9.85. The third kappa shape index (κ3) is 7.74. The van der Waals surface area contributed by atoms with Gasteiger partial charge in [-0.3, -0.25) is 14.4 Å².